The summed E-state index contributed by atoms with van der Waals surface area (Å²) in [7, 11) is 0. The van der Waals surface area contributed by atoms with Crippen molar-refractivity contribution in [3.63, 3.8) is 0 Å². The minimum Gasteiger partial charge on any atom is -0.407 e. The maximum atomic E-state index is 11.5. The molecule has 0 saturated carbocycles. The normalized spacial score (nSPS) is 29.5. The van der Waals surface area contributed by atoms with Gasteiger partial charge in [-0.05, 0) is 31.6 Å². The summed E-state index contributed by atoms with van der Waals surface area (Å²) in [5.41, 5.74) is 0. The number of aromatic nitrogens is 2. The predicted octanol–water partition coefficient (Wildman–Crippen LogP) is 0.770. The molecule has 1 amide bonds. The zero-order valence-electron chi connectivity index (χ0n) is 12.8. The van der Waals surface area contributed by atoms with Gasteiger partial charge in [0.05, 0.1) is 6.54 Å². The van der Waals surface area contributed by atoms with Crippen LogP contribution >= 0.6 is 0 Å². The summed E-state index contributed by atoms with van der Waals surface area (Å²) in [4.78, 5) is 16.0. The number of hydrogen-bond donors (Lipinski definition) is 1. The number of anilines is 1. The molecule has 120 valence electrons. The molecule has 7 heteroatoms. The number of nitrogens with zero attached hydrogens (tertiary/aromatic N) is 4. The molecule has 1 N–H and O–H groups in total. The minimum absolute atomic E-state index is 0.210. The summed E-state index contributed by atoms with van der Waals surface area (Å²) in [6, 6.07) is 1.03. The van der Waals surface area contributed by atoms with E-state index < -0.39 is 0 Å². The van der Waals surface area contributed by atoms with E-state index in [2.05, 4.69) is 25.3 Å². The Morgan fingerprint density at radius 3 is 2.91 bits per heavy atom. The van der Waals surface area contributed by atoms with Crippen LogP contribution in [-0.2, 0) is 11.3 Å². The number of nitrogens with one attached hydrogen (secondary N) is 1. The van der Waals surface area contributed by atoms with Gasteiger partial charge in [0.1, 0.15) is 0 Å². The van der Waals surface area contributed by atoms with Crippen molar-refractivity contribution in [3.05, 3.63) is 5.89 Å². The molecular weight excluding hydrogens is 282 g/mol. The molecule has 0 bridgehead atoms. The zero-order valence-corrected chi connectivity index (χ0v) is 12.8. The van der Waals surface area contributed by atoms with Gasteiger partial charge in [0.2, 0.25) is 11.8 Å². The molecule has 3 fully saturated rings. The van der Waals surface area contributed by atoms with Crippen LogP contribution in [0.1, 0.15) is 38.0 Å². The van der Waals surface area contributed by atoms with Gasteiger partial charge >= 0.3 is 6.01 Å². The Morgan fingerprint density at radius 1 is 1.18 bits per heavy atom. The summed E-state index contributed by atoms with van der Waals surface area (Å²) < 4.78 is 5.82. The van der Waals surface area contributed by atoms with Crippen LogP contribution in [0.25, 0.3) is 0 Å². The highest BCUT2D eigenvalue weighted by Crippen LogP contribution is 2.26. The molecule has 3 aliphatic heterocycles. The van der Waals surface area contributed by atoms with Crippen LogP contribution in [0.2, 0.25) is 0 Å². The van der Waals surface area contributed by atoms with E-state index in [1.807, 2.05) is 0 Å². The van der Waals surface area contributed by atoms with Crippen LogP contribution in [0.15, 0.2) is 4.42 Å². The van der Waals surface area contributed by atoms with Gasteiger partial charge in [-0.1, -0.05) is 5.10 Å². The van der Waals surface area contributed by atoms with E-state index in [0.717, 1.165) is 45.6 Å². The van der Waals surface area contributed by atoms with Gasteiger partial charge in [-0.2, -0.15) is 0 Å². The lowest BCUT2D eigenvalue weighted by atomic mass is 9.85. The lowest BCUT2D eigenvalue weighted by Crippen LogP contribution is -2.53. The van der Waals surface area contributed by atoms with E-state index in [9.17, 15) is 4.79 Å². The third kappa shape index (κ3) is 2.82. The Hall–Kier alpha value is -1.63. The Bertz CT molecular complexity index is 540. The number of carbonyl (C=O) groups excluding carboxylic acids is 1. The lowest BCUT2D eigenvalue weighted by molar-refractivity contribution is -0.125. The molecule has 2 atom stereocenters. The SMILES string of the molecule is O=C1CCC2CN(Cc3nnc(N4CCCC4)o3)CCC2N1. The molecular formula is C15H23N5O2. The number of likely N-dealkylation sites (tertiary alicyclic amines) is 1. The third-order valence-electron chi connectivity index (χ3n) is 5.10. The zero-order chi connectivity index (χ0) is 14.9. The van der Waals surface area contributed by atoms with Gasteiger partial charge in [-0.3, -0.25) is 9.69 Å². The maximum absolute atomic E-state index is 11.5. The highest BCUT2D eigenvalue weighted by Gasteiger charge is 2.34. The average molecular weight is 305 g/mol. The Labute approximate surface area is 130 Å². The van der Waals surface area contributed by atoms with Crippen LogP contribution in [0.4, 0.5) is 6.01 Å². The Balaban J connectivity index is 1.35. The van der Waals surface area contributed by atoms with Gasteiger partial charge in [0.25, 0.3) is 0 Å². The van der Waals surface area contributed by atoms with Crippen LogP contribution in [-0.4, -0.2) is 53.2 Å². The van der Waals surface area contributed by atoms with Crippen molar-refractivity contribution in [2.24, 2.45) is 5.92 Å². The van der Waals surface area contributed by atoms with Gasteiger partial charge < -0.3 is 14.6 Å². The molecule has 3 aliphatic rings. The number of amides is 1. The molecule has 0 aromatic carbocycles. The average Bonchev–Trinajstić information content (AvgIpc) is 3.18. The Morgan fingerprint density at radius 2 is 2.05 bits per heavy atom. The summed E-state index contributed by atoms with van der Waals surface area (Å²) >= 11 is 0. The summed E-state index contributed by atoms with van der Waals surface area (Å²) in [5, 5.41) is 11.5. The molecule has 4 heterocycles. The van der Waals surface area contributed by atoms with Crippen LogP contribution in [0.5, 0.6) is 0 Å². The summed E-state index contributed by atoms with van der Waals surface area (Å²) in [6.07, 6.45) is 5.09. The second-order valence-electron chi connectivity index (χ2n) is 6.67. The quantitative estimate of drug-likeness (QED) is 0.889. The Kier molecular flexibility index (Phi) is 3.73. The van der Waals surface area contributed by atoms with Crippen LogP contribution in [0, 0.1) is 5.92 Å². The van der Waals surface area contributed by atoms with Gasteiger partial charge in [-0.25, -0.2) is 0 Å². The van der Waals surface area contributed by atoms with E-state index >= 15 is 0 Å². The van der Waals surface area contributed by atoms with E-state index in [0.29, 0.717) is 30.3 Å². The number of hydrogen-bond acceptors (Lipinski definition) is 6. The fraction of sp³-hybridized carbons (Fsp3) is 0.800. The molecule has 0 spiro atoms. The van der Waals surface area contributed by atoms with Crippen molar-refractivity contribution in [1.29, 1.82) is 0 Å². The second kappa shape index (κ2) is 5.87. The fourth-order valence-corrected chi connectivity index (χ4v) is 3.87. The number of fused-ring (bicyclic) bond motifs is 1. The molecule has 2 unspecified atom stereocenters. The summed E-state index contributed by atoms with van der Waals surface area (Å²) in [6.45, 7) is 4.75. The first-order valence-corrected chi connectivity index (χ1v) is 8.37. The standard InChI is InChI=1S/C15H23N5O2/c21-13-4-3-11-9-19(8-5-12(11)16-13)10-14-17-18-15(22-14)20-6-1-2-7-20/h11-12H,1-10H2,(H,16,21). The smallest absolute Gasteiger partial charge is 0.318 e. The number of carbonyl (C=O) groups is 1. The van der Waals surface area contributed by atoms with E-state index in [1.165, 1.54) is 12.8 Å². The molecule has 7 nitrogen and oxygen atoms in total. The largest absolute Gasteiger partial charge is 0.407 e. The van der Waals surface area contributed by atoms with Crippen LogP contribution < -0.4 is 10.2 Å². The van der Waals surface area contributed by atoms with Crippen molar-refractivity contribution in [2.75, 3.05) is 31.1 Å². The van der Waals surface area contributed by atoms with Crippen molar-refractivity contribution in [1.82, 2.24) is 20.4 Å². The molecule has 0 aliphatic carbocycles. The van der Waals surface area contributed by atoms with Crippen molar-refractivity contribution in [2.45, 2.75) is 44.7 Å². The number of piperidine rings is 2. The fourth-order valence-electron chi connectivity index (χ4n) is 3.87. The second-order valence-corrected chi connectivity index (χ2v) is 6.67. The molecule has 3 saturated heterocycles. The first-order valence-electron chi connectivity index (χ1n) is 8.37. The summed E-state index contributed by atoms with van der Waals surface area (Å²) in [5.74, 6) is 1.48. The minimum atomic E-state index is 0.210. The van der Waals surface area contributed by atoms with E-state index in [4.69, 9.17) is 4.42 Å². The maximum Gasteiger partial charge on any atom is 0.318 e. The molecule has 4 rings (SSSR count). The van der Waals surface area contributed by atoms with Crippen molar-refractivity contribution in [3.8, 4) is 0 Å². The van der Waals surface area contributed by atoms with Crippen molar-refractivity contribution >= 4 is 11.9 Å². The highest BCUT2D eigenvalue weighted by molar-refractivity contribution is 5.77. The first kappa shape index (κ1) is 14.0. The van der Waals surface area contributed by atoms with Gasteiger partial charge in [0, 0.05) is 38.6 Å². The lowest BCUT2D eigenvalue weighted by Gasteiger charge is -2.40. The third-order valence-corrected chi connectivity index (χ3v) is 5.10. The van der Waals surface area contributed by atoms with E-state index in [1.54, 1.807) is 0 Å². The topological polar surface area (TPSA) is 74.5 Å². The molecule has 0 radical (unpaired) electrons. The predicted molar refractivity (Wildman–Crippen MR) is 80.3 cm³/mol. The molecule has 1 aromatic heterocycles. The van der Waals surface area contributed by atoms with Crippen LogP contribution in [0.3, 0.4) is 0 Å². The molecule has 22 heavy (non-hydrogen) atoms. The molecule has 1 aromatic rings. The van der Waals surface area contributed by atoms with Gasteiger partial charge in [-0.15, -0.1) is 5.10 Å². The number of rotatable bonds is 3. The first-order chi connectivity index (χ1) is 10.8. The van der Waals surface area contributed by atoms with Gasteiger partial charge in [0.15, 0.2) is 0 Å². The van der Waals surface area contributed by atoms with Crippen molar-refractivity contribution < 1.29 is 9.21 Å². The monoisotopic (exact) mass is 305 g/mol. The van der Waals surface area contributed by atoms with E-state index in [-0.39, 0.29) is 5.91 Å². The highest BCUT2D eigenvalue weighted by atomic mass is 16.4.